The minimum atomic E-state index is -4.63. The van der Waals surface area contributed by atoms with Crippen molar-refractivity contribution >= 4 is 16.0 Å². The number of aliphatic hydroxyl groups is 1. The largest absolute Gasteiger partial charge is 0.388 e. The highest BCUT2D eigenvalue weighted by Gasteiger charge is 2.29. The Morgan fingerprint density at radius 1 is 1.25 bits per heavy atom. The van der Waals surface area contributed by atoms with Gasteiger partial charge in [0.25, 0.3) is 16.0 Å². The van der Waals surface area contributed by atoms with E-state index in [1.165, 1.54) is 16.9 Å². The summed E-state index contributed by atoms with van der Waals surface area (Å²) in [5.74, 6) is -0.558. The Kier molecular flexibility index (Phi) is 7.35. The minimum absolute atomic E-state index is 0.0789. The third-order valence-corrected chi connectivity index (χ3v) is 3.94. The average molecular weight is 308 g/mol. The van der Waals surface area contributed by atoms with Crippen molar-refractivity contribution in [3.63, 3.8) is 0 Å². The zero-order chi connectivity index (χ0) is 16.1. The van der Waals surface area contributed by atoms with Crippen molar-refractivity contribution < 1.29 is 22.9 Å². The van der Waals surface area contributed by atoms with E-state index in [2.05, 4.69) is 0 Å². The van der Waals surface area contributed by atoms with Crippen LogP contribution in [-0.2, 0) is 14.9 Å². The molecule has 0 saturated carbocycles. The molecule has 0 aliphatic rings. The van der Waals surface area contributed by atoms with Gasteiger partial charge in [-0.25, -0.2) is 5.01 Å². The molecule has 7 nitrogen and oxygen atoms in total. The maximum absolute atomic E-state index is 12.3. The summed E-state index contributed by atoms with van der Waals surface area (Å²) in [6.07, 6.45) is -0.635. The van der Waals surface area contributed by atoms with E-state index >= 15 is 0 Å². The lowest BCUT2D eigenvalue weighted by molar-refractivity contribution is -0.140. The van der Waals surface area contributed by atoms with E-state index in [0.717, 1.165) is 0 Å². The predicted octanol–water partition coefficient (Wildman–Crippen LogP) is 0.634. The smallest absolute Gasteiger partial charge is 0.293 e. The molecule has 0 saturated heterocycles. The number of hydrazine groups is 1. The van der Waals surface area contributed by atoms with Gasteiger partial charge in [0, 0.05) is 26.2 Å². The molecule has 2 N–H and O–H groups in total. The Morgan fingerprint density at radius 2 is 1.75 bits per heavy atom. The van der Waals surface area contributed by atoms with E-state index in [0.29, 0.717) is 13.0 Å². The SMILES string of the molecule is CCCN(C(=O)/C(C)=C(\C(O)CC)S(=O)(=O)O)N(C)C. The third kappa shape index (κ3) is 4.86. The first-order valence-corrected chi connectivity index (χ1v) is 7.87. The van der Waals surface area contributed by atoms with Crippen molar-refractivity contribution in [3.8, 4) is 0 Å². The highest BCUT2D eigenvalue weighted by atomic mass is 32.2. The first kappa shape index (κ1) is 19.0. The average Bonchev–Trinajstić information content (AvgIpc) is 2.32. The Bertz CT molecular complexity index is 470. The van der Waals surface area contributed by atoms with Crippen molar-refractivity contribution in [2.24, 2.45) is 0 Å². The molecule has 0 radical (unpaired) electrons. The molecule has 0 aromatic carbocycles. The molecule has 0 rings (SSSR count). The summed E-state index contributed by atoms with van der Waals surface area (Å²) < 4.78 is 32.0. The molecule has 0 spiro atoms. The lowest BCUT2D eigenvalue weighted by Crippen LogP contribution is -2.43. The van der Waals surface area contributed by atoms with Gasteiger partial charge in [-0.05, 0) is 19.8 Å². The van der Waals surface area contributed by atoms with Crippen LogP contribution in [0.2, 0.25) is 0 Å². The summed E-state index contributed by atoms with van der Waals surface area (Å²) in [4.78, 5) is 11.7. The summed E-state index contributed by atoms with van der Waals surface area (Å²) in [6.45, 7) is 5.14. The molecular weight excluding hydrogens is 284 g/mol. The van der Waals surface area contributed by atoms with E-state index in [-0.39, 0.29) is 12.0 Å². The van der Waals surface area contributed by atoms with Crippen LogP contribution in [0.3, 0.4) is 0 Å². The van der Waals surface area contributed by atoms with Gasteiger partial charge in [0.15, 0.2) is 0 Å². The highest BCUT2D eigenvalue weighted by molar-refractivity contribution is 7.89. The number of carbonyl (C=O) groups is 1. The molecule has 1 atom stereocenters. The van der Waals surface area contributed by atoms with E-state index in [9.17, 15) is 22.9 Å². The van der Waals surface area contributed by atoms with Crippen molar-refractivity contribution in [1.82, 2.24) is 10.0 Å². The second kappa shape index (κ2) is 7.72. The molecule has 0 heterocycles. The van der Waals surface area contributed by atoms with Crippen molar-refractivity contribution in [3.05, 3.63) is 10.5 Å². The third-order valence-electron chi connectivity index (χ3n) is 2.81. The quantitative estimate of drug-likeness (QED) is 0.407. The maximum atomic E-state index is 12.3. The lowest BCUT2D eigenvalue weighted by atomic mass is 10.1. The number of amides is 1. The fraction of sp³-hybridized carbons (Fsp3) is 0.750. The van der Waals surface area contributed by atoms with Gasteiger partial charge in [0.2, 0.25) is 0 Å². The van der Waals surface area contributed by atoms with Crippen LogP contribution in [0.25, 0.3) is 0 Å². The molecule has 20 heavy (non-hydrogen) atoms. The standard InChI is InChI=1S/C12H24N2O5S/c1-6-8-14(13(4)5)12(16)9(3)11(10(15)7-2)20(17,18)19/h10,15H,6-8H2,1-5H3,(H,17,18,19)/b11-9+. The normalized spacial score (nSPS) is 15.0. The molecule has 1 unspecified atom stereocenters. The molecule has 8 heteroatoms. The van der Waals surface area contributed by atoms with Gasteiger partial charge < -0.3 is 5.11 Å². The fourth-order valence-electron chi connectivity index (χ4n) is 1.79. The van der Waals surface area contributed by atoms with Gasteiger partial charge in [-0.2, -0.15) is 8.42 Å². The number of nitrogens with zero attached hydrogens (tertiary/aromatic N) is 2. The topological polar surface area (TPSA) is 98.2 Å². The number of hydrogen-bond acceptors (Lipinski definition) is 5. The molecule has 0 fully saturated rings. The molecule has 0 bridgehead atoms. The Labute approximate surface area is 120 Å². The van der Waals surface area contributed by atoms with E-state index in [1.807, 2.05) is 6.92 Å². The molecule has 0 aromatic heterocycles. The van der Waals surface area contributed by atoms with E-state index in [4.69, 9.17) is 0 Å². The van der Waals surface area contributed by atoms with Crippen LogP contribution < -0.4 is 0 Å². The van der Waals surface area contributed by atoms with Crippen LogP contribution in [0.15, 0.2) is 10.5 Å². The summed E-state index contributed by atoms with van der Waals surface area (Å²) in [7, 11) is -1.32. The van der Waals surface area contributed by atoms with Gasteiger partial charge in [-0.3, -0.25) is 14.4 Å². The van der Waals surface area contributed by atoms with E-state index in [1.54, 1.807) is 21.0 Å². The lowest BCUT2D eigenvalue weighted by Gasteiger charge is -2.29. The Morgan fingerprint density at radius 3 is 2.05 bits per heavy atom. The summed E-state index contributed by atoms with van der Waals surface area (Å²) in [5, 5.41) is 12.6. The molecule has 0 aliphatic heterocycles. The number of aliphatic hydroxyl groups excluding tert-OH is 1. The van der Waals surface area contributed by atoms with Gasteiger partial charge in [-0.1, -0.05) is 13.8 Å². The second-order valence-electron chi connectivity index (χ2n) is 4.66. The fourth-order valence-corrected chi connectivity index (χ4v) is 2.78. The van der Waals surface area contributed by atoms with Crippen LogP contribution >= 0.6 is 0 Å². The zero-order valence-electron chi connectivity index (χ0n) is 12.6. The van der Waals surface area contributed by atoms with Crippen molar-refractivity contribution in [2.75, 3.05) is 20.6 Å². The maximum Gasteiger partial charge on any atom is 0.293 e. The Hall–Kier alpha value is -0.960. The van der Waals surface area contributed by atoms with Crippen LogP contribution in [0.5, 0.6) is 0 Å². The molecular formula is C12H24N2O5S. The van der Waals surface area contributed by atoms with Gasteiger partial charge in [0.05, 0.1) is 6.10 Å². The van der Waals surface area contributed by atoms with Crippen LogP contribution in [0.4, 0.5) is 0 Å². The number of carbonyl (C=O) groups excluding carboxylic acids is 1. The molecule has 118 valence electrons. The summed E-state index contributed by atoms with van der Waals surface area (Å²) in [5.41, 5.74) is -0.177. The first-order chi connectivity index (χ1) is 9.07. The first-order valence-electron chi connectivity index (χ1n) is 6.43. The highest BCUT2D eigenvalue weighted by Crippen LogP contribution is 2.20. The van der Waals surface area contributed by atoms with Gasteiger partial charge in [-0.15, -0.1) is 0 Å². The minimum Gasteiger partial charge on any atom is -0.388 e. The molecule has 0 aromatic rings. The molecule has 1 amide bonds. The number of hydrogen-bond donors (Lipinski definition) is 2. The van der Waals surface area contributed by atoms with Crippen LogP contribution in [-0.4, -0.2) is 60.7 Å². The van der Waals surface area contributed by atoms with Gasteiger partial charge in [0.1, 0.15) is 4.91 Å². The van der Waals surface area contributed by atoms with Crippen LogP contribution in [0.1, 0.15) is 33.6 Å². The van der Waals surface area contributed by atoms with Crippen LogP contribution in [0, 0.1) is 0 Å². The molecule has 0 aliphatic carbocycles. The predicted molar refractivity (Wildman–Crippen MR) is 76.2 cm³/mol. The van der Waals surface area contributed by atoms with Crippen molar-refractivity contribution in [1.29, 1.82) is 0 Å². The second-order valence-corrected chi connectivity index (χ2v) is 6.05. The number of rotatable bonds is 7. The van der Waals surface area contributed by atoms with E-state index < -0.39 is 27.0 Å². The Balaban J connectivity index is 5.78. The summed E-state index contributed by atoms with van der Waals surface area (Å²) >= 11 is 0. The van der Waals surface area contributed by atoms with Crippen molar-refractivity contribution in [2.45, 2.75) is 39.7 Å². The van der Waals surface area contributed by atoms with Gasteiger partial charge >= 0.3 is 0 Å². The monoisotopic (exact) mass is 308 g/mol. The zero-order valence-corrected chi connectivity index (χ0v) is 13.4. The summed E-state index contributed by atoms with van der Waals surface area (Å²) in [6, 6.07) is 0.